The third-order valence-corrected chi connectivity index (χ3v) is 26.7. The molecule has 0 bridgehead atoms. The smallest absolute Gasteiger partial charge is 0.272 e. The van der Waals surface area contributed by atoms with Crippen molar-refractivity contribution in [3.8, 4) is 6.07 Å². The van der Waals surface area contributed by atoms with Gasteiger partial charge in [-0.1, -0.05) is 0 Å². The first-order valence-corrected chi connectivity index (χ1v) is 48.6. The number of pyridine rings is 4. The van der Waals surface area contributed by atoms with Gasteiger partial charge in [0.1, 0.15) is 52.1 Å². The van der Waals surface area contributed by atoms with E-state index in [-0.39, 0.29) is 17.7 Å². The highest BCUT2D eigenvalue weighted by Crippen LogP contribution is 2.32. The van der Waals surface area contributed by atoms with Gasteiger partial charge < -0.3 is 107 Å². The number of piperazine rings is 5. The van der Waals surface area contributed by atoms with Gasteiger partial charge in [0.15, 0.2) is 22.6 Å². The minimum absolute atomic E-state index is 0.0153. The van der Waals surface area contributed by atoms with Gasteiger partial charge in [-0.2, -0.15) is 25.2 Å². The second kappa shape index (κ2) is 43.3. The monoisotopic (exact) mass is 1850 g/mol. The molecule has 8 N–H and O–H groups in total. The fourth-order valence-corrected chi connectivity index (χ4v) is 19.2. The standard InChI is InChI=1S/C26H35N9O.C25H33N9O2.C23H32N10O.C21H25N9/c36-25(33-11-3-1-4-12-33)22-17-20-18-29-26(31-24(20)35(22)34-13-5-2-6-14-34)30-23-8-7-21(19-28-23)32-15-9-27-10-16-32;35-24(32-12-14-36-15-13-32)21-16-19-17-28-25(30-23(19)34(21)33-8-2-1-3-9-33)29-22-5-4-20(18-27-22)31-10-6-26-7-11-31;1-29(2)22(34)19-14-17-15-26-23(28-21(17)33(19)32-12-10-30(3)11-13-32)27-20-5-4-18(16-25-20)31-8-6-24-7-9-31;22-13-18-12-16-14-25-21(27-20(16)30(18)29-8-2-1-3-9-29)26-19-5-4-17(15-24-19)28-10-6-23-7-11-28/h7-8,17-19,27H,1-6,9-16H2,(H,28,29,30,31);4-5,16-18,26H,1-3,6-15H2,(H,27,28,29,30);4-5,14-16,24H,6-13H2,1-3H3,(H,25,26,27,28);4-5,12,14-15,23H,1-3,6-11H2,(H,24,25,26,27). The molecule has 3 amide bonds. The number of rotatable bonds is 19. The Balaban J connectivity index is 0.000000117. The molecule has 22 rings (SSSR count). The number of likely N-dealkylation sites (tertiary alicyclic amines) is 1. The molecule has 0 radical (unpaired) electrons. The van der Waals surface area contributed by atoms with Gasteiger partial charge in [0.05, 0.1) is 60.8 Å². The predicted octanol–water partition coefficient (Wildman–Crippen LogP) is 6.84. The number of hydrogen-bond acceptors (Lipinski definition) is 34. The van der Waals surface area contributed by atoms with E-state index < -0.39 is 0 Å². The summed E-state index contributed by atoms with van der Waals surface area (Å²) in [4.78, 5) is 113. The lowest BCUT2D eigenvalue weighted by Gasteiger charge is -2.35. The van der Waals surface area contributed by atoms with E-state index in [0.29, 0.717) is 102 Å². The summed E-state index contributed by atoms with van der Waals surface area (Å²) >= 11 is 0. The van der Waals surface area contributed by atoms with Crippen LogP contribution in [0.25, 0.3) is 44.1 Å². The van der Waals surface area contributed by atoms with E-state index >= 15 is 0 Å². The quantitative estimate of drug-likeness (QED) is 0.0410. The van der Waals surface area contributed by atoms with Crippen molar-refractivity contribution in [2.24, 2.45) is 0 Å². The second-order valence-electron chi connectivity index (χ2n) is 36.2. The van der Waals surface area contributed by atoms with E-state index in [2.05, 4.69) is 169 Å². The topological polar surface area (TPSA) is 394 Å². The van der Waals surface area contributed by atoms with Crippen LogP contribution in [0.3, 0.4) is 0 Å². The lowest BCUT2D eigenvalue weighted by molar-refractivity contribution is 0.0295. The molecule has 136 heavy (non-hydrogen) atoms. The fourth-order valence-electron chi connectivity index (χ4n) is 19.2. The lowest BCUT2D eigenvalue weighted by atomic mass is 10.1. The molecule has 0 unspecified atom stereocenters. The Labute approximate surface area is 791 Å². The number of piperidine rings is 4. The van der Waals surface area contributed by atoms with Crippen molar-refractivity contribution in [1.29, 1.82) is 5.26 Å². The number of carbonyl (C=O) groups is 3. The van der Waals surface area contributed by atoms with E-state index in [0.717, 1.165) is 296 Å². The third kappa shape index (κ3) is 21.5. The lowest BCUT2D eigenvalue weighted by Crippen LogP contribution is -2.51. The van der Waals surface area contributed by atoms with Crippen LogP contribution in [0.5, 0.6) is 0 Å². The number of fused-ring (bicyclic) bond motifs is 4. The number of anilines is 12. The van der Waals surface area contributed by atoms with E-state index in [1.807, 2.05) is 103 Å². The van der Waals surface area contributed by atoms with Crippen LogP contribution in [0.4, 0.5) is 69.8 Å². The van der Waals surface area contributed by atoms with Crippen LogP contribution >= 0.6 is 0 Å². The van der Waals surface area contributed by atoms with Gasteiger partial charge in [-0.25, -0.2) is 58.6 Å². The average molecular weight is 1850 g/mol. The number of amides is 3. The molecule has 0 atom stereocenters. The molecule has 0 spiro atoms. The summed E-state index contributed by atoms with van der Waals surface area (Å²) in [7, 11) is 5.65. The number of nitrogens with one attached hydrogen (secondary N) is 8. The molecular weight excluding hydrogens is 1720 g/mol. The molecule has 10 saturated heterocycles. The molecule has 41 heteroatoms. The van der Waals surface area contributed by atoms with E-state index in [1.165, 1.54) is 25.7 Å². The first-order chi connectivity index (χ1) is 66.8. The van der Waals surface area contributed by atoms with Crippen LogP contribution in [0, 0.1) is 11.3 Å². The van der Waals surface area contributed by atoms with Crippen molar-refractivity contribution in [3.05, 3.63) is 145 Å². The average Bonchev–Trinajstić information content (AvgIpc) is 1.64. The third-order valence-electron chi connectivity index (χ3n) is 26.7. The maximum absolute atomic E-state index is 13.6. The summed E-state index contributed by atoms with van der Waals surface area (Å²) in [6, 6.07) is 26.1. The molecule has 0 saturated carbocycles. The molecule has 10 aliphatic heterocycles. The Morgan fingerprint density at radius 3 is 0.956 bits per heavy atom. The van der Waals surface area contributed by atoms with Crippen LogP contribution in [-0.2, 0) is 4.74 Å². The van der Waals surface area contributed by atoms with Gasteiger partial charge in [0, 0.05) is 257 Å². The summed E-state index contributed by atoms with van der Waals surface area (Å²) < 4.78 is 13.4. The summed E-state index contributed by atoms with van der Waals surface area (Å²) in [5.41, 5.74) is 9.96. The van der Waals surface area contributed by atoms with Crippen molar-refractivity contribution in [1.82, 2.24) is 119 Å². The Kier molecular flexibility index (Phi) is 29.1. The fraction of sp³-hybridized carbons (Fsp3) is 0.495. The molecule has 714 valence electrons. The Morgan fingerprint density at radius 1 is 0.338 bits per heavy atom. The summed E-state index contributed by atoms with van der Waals surface area (Å²) in [5.74, 6) is 4.70. The zero-order valence-corrected chi connectivity index (χ0v) is 78.3. The summed E-state index contributed by atoms with van der Waals surface area (Å²) in [5, 5.41) is 48.4. The zero-order valence-electron chi connectivity index (χ0n) is 78.3. The number of nitriles is 1. The van der Waals surface area contributed by atoms with Crippen molar-refractivity contribution < 1.29 is 19.1 Å². The molecule has 0 aliphatic carbocycles. The van der Waals surface area contributed by atoms with Gasteiger partial charge in [-0.15, -0.1) is 0 Å². The number of hydrogen-bond donors (Lipinski definition) is 8. The molecule has 12 aromatic rings. The highest BCUT2D eigenvalue weighted by atomic mass is 16.5. The number of nitrogens with zero attached hydrogens (tertiary/aromatic N) is 29. The minimum Gasteiger partial charge on any atom is -0.378 e. The highest BCUT2D eigenvalue weighted by Gasteiger charge is 2.33. The van der Waals surface area contributed by atoms with Crippen LogP contribution in [0.15, 0.2) is 122 Å². The van der Waals surface area contributed by atoms with E-state index in [1.54, 1.807) is 37.6 Å². The number of likely N-dealkylation sites (N-methyl/N-ethyl adjacent to an activating group) is 1. The maximum Gasteiger partial charge on any atom is 0.272 e. The van der Waals surface area contributed by atoms with Crippen molar-refractivity contribution in [2.75, 3.05) is 292 Å². The number of ether oxygens (including phenoxy) is 1. The largest absolute Gasteiger partial charge is 0.378 e. The molecule has 12 aromatic heterocycles. The number of aromatic nitrogens is 16. The normalized spacial score (nSPS) is 18.2. The molecular formula is C95H125N37O4. The second-order valence-corrected chi connectivity index (χ2v) is 36.2. The van der Waals surface area contributed by atoms with Gasteiger partial charge in [0.2, 0.25) is 23.8 Å². The molecule has 41 nitrogen and oxygen atoms in total. The SMILES string of the molecule is CN1CCN(n2c(C(=O)N(C)C)cc3cnc(Nc4ccc(N5CCNCC5)cn4)nc32)CC1.N#Cc1cc2cnc(Nc3ccc(N4CCNCC4)cn3)nc2n1N1CCCCC1.O=C(c1cc2cnc(Nc3ccc(N4CCNCC4)cn3)nc2n1N1CCCCC1)N1CCCCC1.O=C(c1cc2cnc(Nc3ccc(N4CCNCC4)cn3)nc2n1N1CCCCC1)N1CCOCC1. The van der Waals surface area contributed by atoms with Crippen LogP contribution in [-0.4, -0.2) is 347 Å². The Hall–Kier alpha value is -13.7. The van der Waals surface area contributed by atoms with Crippen molar-refractivity contribution in [3.63, 3.8) is 0 Å². The molecule has 0 aromatic carbocycles. The minimum atomic E-state index is -0.0587. The summed E-state index contributed by atoms with van der Waals surface area (Å²) in [6.07, 6.45) is 28.4. The van der Waals surface area contributed by atoms with Crippen molar-refractivity contribution in [2.45, 2.75) is 77.0 Å². The first-order valence-electron chi connectivity index (χ1n) is 48.6. The van der Waals surface area contributed by atoms with Crippen molar-refractivity contribution >= 4 is 132 Å². The Bertz CT molecular complexity index is 5870. The molecule has 10 aliphatic rings. The summed E-state index contributed by atoms with van der Waals surface area (Å²) in [6.45, 7) is 28.8. The molecule has 10 fully saturated rings. The Morgan fingerprint density at radius 2 is 0.632 bits per heavy atom. The van der Waals surface area contributed by atoms with E-state index in [4.69, 9.17) is 24.7 Å². The zero-order chi connectivity index (χ0) is 92.6. The van der Waals surface area contributed by atoms with Gasteiger partial charge in [0.25, 0.3) is 17.7 Å². The van der Waals surface area contributed by atoms with Crippen LogP contribution in [0.2, 0.25) is 0 Å². The molecule has 22 heterocycles. The van der Waals surface area contributed by atoms with Crippen LogP contribution in [0.1, 0.15) is 114 Å². The van der Waals surface area contributed by atoms with Gasteiger partial charge >= 0.3 is 0 Å². The van der Waals surface area contributed by atoms with Gasteiger partial charge in [-0.05, 0) is 157 Å². The predicted molar refractivity (Wildman–Crippen MR) is 531 cm³/mol. The first kappa shape index (κ1) is 91.5. The van der Waals surface area contributed by atoms with E-state index in [9.17, 15) is 19.6 Å². The van der Waals surface area contributed by atoms with Crippen LogP contribution < -0.4 is 82.2 Å². The maximum atomic E-state index is 13.6. The number of carbonyl (C=O) groups excluding carboxylic acids is 3. The number of morpholine rings is 1. The highest BCUT2D eigenvalue weighted by molar-refractivity contribution is 6.00. The van der Waals surface area contributed by atoms with Gasteiger partial charge in [-0.3, -0.25) is 14.4 Å².